The van der Waals surface area contributed by atoms with Crippen molar-refractivity contribution in [2.24, 2.45) is 4.99 Å². The maximum absolute atomic E-state index is 5.71. The lowest BCUT2D eigenvalue weighted by Gasteiger charge is -2.13. The first kappa shape index (κ1) is 18.2. The van der Waals surface area contributed by atoms with Crippen molar-refractivity contribution in [2.75, 3.05) is 53.2 Å². The molecule has 6 heteroatoms. The van der Waals surface area contributed by atoms with Crippen LogP contribution in [-0.4, -0.2) is 65.2 Å². The normalized spacial score (nSPS) is 19.0. The summed E-state index contributed by atoms with van der Waals surface area (Å²) in [6, 6.07) is 0. The highest BCUT2D eigenvalue weighted by atomic mass is 16.5. The van der Waals surface area contributed by atoms with Crippen molar-refractivity contribution in [3.8, 4) is 0 Å². The van der Waals surface area contributed by atoms with Gasteiger partial charge in [0, 0.05) is 40.0 Å². The van der Waals surface area contributed by atoms with E-state index < -0.39 is 0 Å². The number of hydrogen-bond acceptors (Lipinski definition) is 4. The standard InChI is InChI=1S/C15H31N3O3/c1-3-4-9-19-12-8-18-15(16-2)17-7-5-10-21-14-6-11-20-13-14/h14H,3-13H2,1-2H3,(H2,16,17,18). The van der Waals surface area contributed by atoms with Gasteiger partial charge in [0.1, 0.15) is 0 Å². The number of nitrogens with one attached hydrogen (secondary N) is 2. The SMILES string of the molecule is CCCCOCCNC(=NC)NCCCOC1CCOC1. The van der Waals surface area contributed by atoms with Crippen LogP contribution in [0.4, 0.5) is 0 Å². The molecule has 1 rings (SSSR count). The summed E-state index contributed by atoms with van der Waals surface area (Å²) in [6.07, 6.45) is 4.58. The molecule has 0 aliphatic carbocycles. The molecule has 1 unspecified atom stereocenters. The smallest absolute Gasteiger partial charge is 0.191 e. The number of nitrogens with zero attached hydrogens (tertiary/aromatic N) is 1. The van der Waals surface area contributed by atoms with E-state index in [-0.39, 0.29) is 0 Å². The maximum atomic E-state index is 5.71. The summed E-state index contributed by atoms with van der Waals surface area (Å²) >= 11 is 0. The molecule has 1 aliphatic rings. The lowest BCUT2D eigenvalue weighted by molar-refractivity contribution is 0.0420. The highest BCUT2D eigenvalue weighted by Gasteiger charge is 2.15. The van der Waals surface area contributed by atoms with Gasteiger partial charge in [0.2, 0.25) is 0 Å². The molecule has 6 nitrogen and oxygen atoms in total. The minimum atomic E-state index is 0.294. The molecule has 0 aromatic heterocycles. The second-order valence-corrected chi connectivity index (χ2v) is 5.10. The molecule has 1 heterocycles. The second kappa shape index (κ2) is 12.9. The van der Waals surface area contributed by atoms with E-state index >= 15 is 0 Å². The zero-order valence-corrected chi connectivity index (χ0v) is 13.5. The molecule has 0 aromatic rings. The molecule has 2 N–H and O–H groups in total. The molecule has 0 saturated carbocycles. The first-order valence-corrected chi connectivity index (χ1v) is 8.08. The summed E-state index contributed by atoms with van der Waals surface area (Å²) < 4.78 is 16.5. The molecule has 1 fully saturated rings. The Morgan fingerprint density at radius 2 is 2.05 bits per heavy atom. The van der Waals surface area contributed by atoms with Gasteiger partial charge in [-0.2, -0.15) is 0 Å². The van der Waals surface area contributed by atoms with Gasteiger partial charge >= 0.3 is 0 Å². The lowest BCUT2D eigenvalue weighted by atomic mass is 10.3. The first-order chi connectivity index (χ1) is 10.4. The molecule has 0 bridgehead atoms. The van der Waals surface area contributed by atoms with Gasteiger partial charge in [-0.3, -0.25) is 4.99 Å². The largest absolute Gasteiger partial charge is 0.380 e. The molecule has 124 valence electrons. The van der Waals surface area contributed by atoms with Crippen LogP contribution in [0.2, 0.25) is 0 Å². The fraction of sp³-hybridized carbons (Fsp3) is 0.933. The maximum Gasteiger partial charge on any atom is 0.191 e. The van der Waals surface area contributed by atoms with Gasteiger partial charge in [-0.05, 0) is 19.3 Å². The first-order valence-electron chi connectivity index (χ1n) is 8.08. The number of rotatable bonds is 11. The van der Waals surface area contributed by atoms with Crippen LogP contribution in [0.15, 0.2) is 4.99 Å². The summed E-state index contributed by atoms with van der Waals surface area (Å²) in [7, 11) is 1.78. The number of unbranched alkanes of at least 4 members (excludes halogenated alkanes) is 1. The Bertz CT molecular complexity index is 269. The average molecular weight is 301 g/mol. The summed E-state index contributed by atoms with van der Waals surface area (Å²) in [5.41, 5.74) is 0. The van der Waals surface area contributed by atoms with E-state index in [4.69, 9.17) is 14.2 Å². The fourth-order valence-corrected chi connectivity index (χ4v) is 1.98. The van der Waals surface area contributed by atoms with Gasteiger partial charge in [0.05, 0.1) is 19.3 Å². The number of guanidine groups is 1. The summed E-state index contributed by atoms with van der Waals surface area (Å²) in [5.74, 6) is 0.818. The molecule has 0 aromatic carbocycles. The van der Waals surface area contributed by atoms with Crippen molar-refractivity contribution in [2.45, 2.75) is 38.7 Å². The predicted molar refractivity (Wildman–Crippen MR) is 84.9 cm³/mol. The van der Waals surface area contributed by atoms with E-state index in [1.807, 2.05) is 0 Å². The molecule has 0 spiro atoms. The van der Waals surface area contributed by atoms with Crippen molar-refractivity contribution >= 4 is 5.96 Å². The number of hydrogen-bond donors (Lipinski definition) is 2. The average Bonchev–Trinajstić information content (AvgIpc) is 3.01. The Kier molecular flexibility index (Phi) is 11.1. The molecule has 0 amide bonds. The quantitative estimate of drug-likeness (QED) is 0.341. The molecule has 1 aliphatic heterocycles. The summed E-state index contributed by atoms with van der Waals surface area (Å²) in [6.45, 7) is 7.69. The lowest BCUT2D eigenvalue weighted by Crippen LogP contribution is -2.39. The van der Waals surface area contributed by atoms with Crippen molar-refractivity contribution in [3.05, 3.63) is 0 Å². The molecular formula is C15H31N3O3. The highest BCUT2D eigenvalue weighted by Crippen LogP contribution is 2.07. The minimum absolute atomic E-state index is 0.294. The number of ether oxygens (including phenoxy) is 3. The number of aliphatic imine (C=N–C) groups is 1. The van der Waals surface area contributed by atoms with E-state index in [0.717, 1.165) is 64.7 Å². The zero-order valence-electron chi connectivity index (χ0n) is 13.5. The Hall–Kier alpha value is -0.850. The van der Waals surface area contributed by atoms with Crippen LogP contribution in [0.25, 0.3) is 0 Å². The third-order valence-corrected chi connectivity index (χ3v) is 3.26. The van der Waals surface area contributed by atoms with E-state index in [9.17, 15) is 0 Å². The van der Waals surface area contributed by atoms with Gasteiger partial charge < -0.3 is 24.8 Å². The molecule has 1 atom stereocenters. The van der Waals surface area contributed by atoms with Gasteiger partial charge in [0.25, 0.3) is 0 Å². The van der Waals surface area contributed by atoms with Crippen molar-refractivity contribution < 1.29 is 14.2 Å². The van der Waals surface area contributed by atoms with Gasteiger partial charge in [0.15, 0.2) is 5.96 Å². The van der Waals surface area contributed by atoms with E-state index in [1.54, 1.807) is 7.05 Å². The molecule has 0 radical (unpaired) electrons. The van der Waals surface area contributed by atoms with Crippen LogP contribution in [0.3, 0.4) is 0 Å². The van der Waals surface area contributed by atoms with Gasteiger partial charge in [-0.1, -0.05) is 13.3 Å². The minimum Gasteiger partial charge on any atom is -0.380 e. The third kappa shape index (κ3) is 9.66. The summed E-state index contributed by atoms with van der Waals surface area (Å²) in [5, 5.41) is 6.50. The van der Waals surface area contributed by atoms with Crippen LogP contribution in [0.1, 0.15) is 32.6 Å². The van der Waals surface area contributed by atoms with Crippen LogP contribution in [-0.2, 0) is 14.2 Å². The van der Waals surface area contributed by atoms with Crippen LogP contribution in [0, 0.1) is 0 Å². The molecule has 21 heavy (non-hydrogen) atoms. The monoisotopic (exact) mass is 301 g/mol. The van der Waals surface area contributed by atoms with Crippen molar-refractivity contribution in [1.29, 1.82) is 0 Å². The molecule has 1 saturated heterocycles. The third-order valence-electron chi connectivity index (χ3n) is 3.26. The Morgan fingerprint density at radius 1 is 1.19 bits per heavy atom. The van der Waals surface area contributed by atoms with Crippen molar-refractivity contribution in [1.82, 2.24) is 10.6 Å². The second-order valence-electron chi connectivity index (χ2n) is 5.10. The van der Waals surface area contributed by atoms with E-state index in [1.165, 1.54) is 6.42 Å². The Labute approximate surface area is 128 Å². The summed E-state index contributed by atoms with van der Waals surface area (Å²) in [4.78, 5) is 4.18. The van der Waals surface area contributed by atoms with Gasteiger partial charge in [-0.15, -0.1) is 0 Å². The van der Waals surface area contributed by atoms with Crippen LogP contribution < -0.4 is 10.6 Å². The van der Waals surface area contributed by atoms with Crippen molar-refractivity contribution in [3.63, 3.8) is 0 Å². The Balaban J connectivity index is 1.90. The zero-order chi connectivity index (χ0) is 15.2. The predicted octanol–water partition coefficient (Wildman–Crippen LogP) is 1.16. The topological polar surface area (TPSA) is 64.1 Å². The van der Waals surface area contributed by atoms with Gasteiger partial charge in [-0.25, -0.2) is 0 Å². The van der Waals surface area contributed by atoms with E-state index in [0.29, 0.717) is 12.7 Å². The highest BCUT2D eigenvalue weighted by molar-refractivity contribution is 5.79. The van der Waals surface area contributed by atoms with E-state index in [2.05, 4.69) is 22.5 Å². The van der Waals surface area contributed by atoms with Crippen LogP contribution in [0.5, 0.6) is 0 Å². The fourth-order valence-electron chi connectivity index (χ4n) is 1.98. The Morgan fingerprint density at radius 3 is 2.76 bits per heavy atom. The van der Waals surface area contributed by atoms with Crippen LogP contribution >= 0.6 is 0 Å². The molecular weight excluding hydrogens is 270 g/mol.